The molecule has 1 aromatic heterocycles. The van der Waals surface area contributed by atoms with Crippen LogP contribution in [0.2, 0.25) is 5.15 Å². The van der Waals surface area contributed by atoms with Crippen LogP contribution in [0.4, 0.5) is 11.6 Å². The fourth-order valence-electron chi connectivity index (χ4n) is 2.96. The Bertz CT molecular complexity index is 671. The summed E-state index contributed by atoms with van der Waals surface area (Å²) in [5.41, 5.74) is 4.70. The summed E-state index contributed by atoms with van der Waals surface area (Å²) >= 11 is 6.34. The molecule has 2 aromatic rings. The second kappa shape index (κ2) is 4.72. The average Bonchev–Trinajstić information content (AvgIpc) is 2.91. The first kappa shape index (κ1) is 12.1. The zero-order valence-electron chi connectivity index (χ0n) is 11.1. The fourth-order valence-corrected chi connectivity index (χ4v) is 3.21. The minimum Gasteiger partial charge on any atom is -0.312 e. The topological polar surface area (TPSA) is 41.1 Å². The van der Waals surface area contributed by atoms with Crippen LogP contribution in [-0.2, 0) is 19.4 Å². The van der Waals surface area contributed by atoms with Crippen molar-refractivity contribution in [2.24, 2.45) is 0 Å². The normalized spacial score (nSPS) is 16.9. The third-order valence-electron chi connectivity index (χ3n) is 4.00. The molecule has 0 fully saturated rings. The van der Waals surface area contributed by atoms with Crippen molar-refractivity contribution in [1.82, 2.24) is 15.3 Å². The van der Waals surface area contributed by atoms with Gasteiger partial charge in [0.1, 0.15) is 5.15 Å². The molecule has 20 heavy (non-hydrogen) atoms. The maximum atomic E-state index is 6.34. The monoisotopic (exact) mass is 286 g/mol. The summed E-state index contributed by atoms with van der Waals surface area (Å²) in [7, 11) is 0. The Hall–Kier alpha value is -1.65. The lowest BCUT2D eigenvalue weighted by Gasteiger charge is -2.22. The van der Waals surface area contributed by atoms with Gasteiger partial charge in [0.25, 0.3) is 0 Å². The number of fused-ring (bicyclic) bond motifs is 2. The molecule has 0 saturated carbocycles. The number of hydrogen-bond acceptors (Lipinski definition) is 4. The van der Waals surface area contributed by atoms with Crippen molar-refractivity contribution in [3.05, 3.63) is 46.2 Å². The molecule has 0 aliphatic carbocycles. The summed E-state index contributed by atoms with van der Waals surface area (Å²) in [6, 6.07) is 8.43. The van der Waals surface area contributed by atoms with Crippen molar-refractivity contribution in [2.45, 2.75) is 19.4 Å². The molecule has 0 unspecified atom stereocenters. The predicted octanol–water partition coefficient (Wildman–Crippen LogP) is 2.47. The van der Waals surface area contributed by atoms with Gasteiger partial charge in [-0.25, -0.2) is 9.97 Å². The summed E-state index contributed by atoms with van der Waals surface area (Å²) in [6.07, 6.45) is 1.95. The van der Waals surface area contributed by atoms with Crippen LogP contribution in [0, 0.1) is 0 Å². The third kappa shape index (κ3) is 1.87. The number of rotatable bonds is 1. The zero-order valence-corrected chi connectivity index (χ0v) is 11.8. The Labute approximate surface area is 122 Å². The molecular formula is C15H15ClN4. The van der Waals surface area contributed by atoms with E-state index in [4.69, 9.17) is 16.6 Å². The van der Waals surface area contributed by atoms with Crippen molar-refractivity contribution < 1.29 is 0 Å². The molecule has 0 amide bonds. The van der Waals surface area contributed by atoms with Crippen molar-refractivity contribution >= 4 is 23.2 Å². The summed E-state index contributed by atoms with van der Waals surface area (Å²) in [5.74, 6) is 0.737. The van der Waals surface area contributed by atoms with Gasteiger partial charge in [-0.1, -0.05) is 29.8 Å². The molecule has 1 aromatic carbocycles. The van der Waals surface area contributed by atoms with Crippen molar-refractivity contribution in [2.75, 3.05) is 18.0 Å². The van der Waals surface area contributed by atoms with Crippen LogP contribution < -0.4 is 10.2 Å². The zero-order chi connectivity index (χ0) is 13.5. The first-order valence-electron chi connectivity index (χ1n) is 6.94. The molecular weight excluding hydrogens is 272 g/mol. The molecule has 2 aliphatic heterocycles. The van der Waals surface area contributed by atoms with Gasteiger partial charge in [0.2, 0.25) is 5.95 Å². The third-order valence-corrected chi connectivity index (χ3v) is 4.31. The molecule has 1 N–H and O–H groups in total. The van der Waals surface area contributed by atoms with E-state index in [2.05, 4.69) is 39.5 Å². The number of para-hydroxylation sites is 1. The van der Waals surface area contributed by atoms with Crippen LogP contribution in [0.25, 0.3) is 0 Å². The van der Waals surface area contributed by atoms with Gasteiger partial charge in [-0.2, -0.15) is 0 Å². The first-order chi connectivity index (χ1) is 9.83. The lowest BCUT2D eigenvalue weighted by molar-refractivity contribution is 0.625. The van der Waals surface area contributed by atoms with Crippen LogP contribution in [0.5, 0.6) is 0 Å². The Morgan fingerprint density at radius 2 is 2.05 bits per heavy atom. The van der Waals surface area contributed by atoms with E-state index < -0.39 is 0 Å². The van der Waals surface area contributed by atoms with E-state index >= 15 is 0 Å². The van der Waals surface area contributed by atoms with E-state index in [1.807, 2.05) is 0 Å². The highest BCUT2D eigenvalue weighted by Gasteiger charge is 2.24. The standard InChI is InChI=1S/C15H15ClN4/c16-14-11-9-17-7-5-12(11)18-15(19-14)20-8-6-10-3-1-2-4-13(10)20/h1-4,17H,5-9H2. The van der Waals surface area contributed by atoms with Crippen LogP contribution in [0.1, 0.15) is 16.8 Å². The smallest absolute Gasteiger partial charge is 0.231 e. The number of halogens is 1. The van der Waals surface area contributed by atoms with Gasteiger partial charge in [0.15, 0.2) is 0 Å². The Morgan fingerprint density at radius 1 is 1.15 bits per heavy atom. The highest BCUT2D eigenvalue weighted by Crippen LogP contribution is 2.34. The minimum absolute atomic E-state index is 0.585. The lowest BCUT2D eigenvalue weighted by Crippen LogP contribution is -2.27. The quantitative estimate of drug-likeness (QED) is 0.818. The maximum Gasteiger partial charge on any atom is 0.231 e. The van der Waals surface area contributed by atoms with Gasteiger partial charge in [-0.05, 0) is 18.1 Å². The number of anilines is 2. The molecule has 3 heterocycles. The Balaban J connectivity index is 1.79. The molecule has 0 saturated heterocycles. The van der Waals surface area contributed by atoms with Crippen molar-refractivity contribution in [1.29, 1.82) is 0 Å². The maximum absolute atomic E-state index is 6.34. The molecule has 0 atom stereocenters. The molecule has 4 nitrogen and oxygen atoms in total. The Kier molecular flexibility index (Phi) is 2.86. The van der Waals surface area contributed by atoms with Crippen LogP contribution in [-0.4, -0.2) is 23.1 Å². The molecule has 0 radical (unpaired) electrons. The lowest BCUT2D eigenvalue weighted by atomic mass is 10.1. The van der Waals surface area contributed by atoms with Gasteiger partial charge >= 0.3 is 0 Å². The van der Waals surface area contributed by atoms with Crippen LogP contribution in [0.15, 0.2) is 24.3 Å². The van der Waals surface area contributed by atoms with E-state index in [1.165, 1.54) is 11.3 Å². The summed E-state index contributed by atoms with van der Waals surface area (Å²) in [4.78, 5) is 11.4. The van der Waals surface area contributed by atoms with E-state index in [9.17, 15) is 0 Å². The highest BCUT2D eigenvalue weighted by molar-refractivity contribution is 6.30. The SMILES string of the molecule is Clc1nc(N2CCc3ccccc32)nc2c1CNCC2. The van der Waals surface area contributed by atoms with Crippen molar-refractivity contribution in [3.8, 4) is 0 Å². The van der Waals surface area contributed by atoms with Gasteiger partial charge in [-0.15, -0.1) is 0 Å². The second-order valence-electron chi connectivity index (χ2n) is 5.20. The summed E-state index contributed by atoms with van der Waals surface area (Å²) in [6.45, 7) is 2.65. The second-order valence-corrected chi connectivity index (χ2v) is 5.55. The minimum atomic E-state index is 0.585. The van der Waals surface area contributed by atoms with Gasteiger partial charge in [0, 0.05) is 37.3 Å². The average molecular weight is 287 g/mol. The van der Waals surface area contributed by atoms with E-state index in [-0.39, 0.29) is 0 Å². The Morgan fingerprint density at radius 3 is 3.00 bits per heavy atom. The molecule has 2 aliphatic rings. The number of aromatic nitrogens is 2. The molecule has 102 valence electrons. The first-order valence-corrected chi connectivity index (χ1v) is 7.32. The fraction of sp³-hybridized carbons (Fsp3) is 0.333. The largest absolute Gasteiger partial charge is 0.312 e. The van der Waals surface area contributed by atoms with Gasteiger partial charge in [0.05, 0.1) is 5.69 Å². The number of nitrogens with one attached hydrogen (secondary N) is 1. The van der Waals surface area contributed by atoms with Gasteiger partial charge < -0.3 is 10.2 Å². The van der Waals surface area contributed by atoms with Gasteiger partial charge in [-0.3, -0.25) is 0 Å². The highest BCUT2D eigenvalue weighted by atomic mass is 35.5. The number of hydrogen-bond donors (Lipinski definition) is 1. The number of benzene rings is 1. The summed E-state index contributed by atoms with van der Waals surface area (Å²) < 4.78 is 0. The van der Waals surface area contributed by atoms with Crippen molar-refractivity contribution in [3.63, 3.8) is 0 Å². The van der Waals surface area contributed by atoms with E-state index in [1.54, 1.807) is 0 Å². The molecule has 0 spiro atoms. The number of nitrogens with zero attached hydrogens (tertiary/aromatic N) is 3. The van der Waals surface area contributed by atoms with Crippen LogP contribution in [0.3, 0.4) is 0 Å². The molecule has 5 heteroatoms. The van der Waals surface area contributed by atoms with E-state index in [0.29, 0.717) is 5.15 Å². The summed E-state index contributed by atoms with van der Waals surface area (Å²) in [5, 5.41) is 3.89. The van der Waals surface area contributed by atoms with Crippen LogP contribution >= 0.6 is 11.6 Å². The molecule has 4 rings (SSSR count). The van der Waals surface area contributed by atoms with E-state index in [0.717, 1.165) is 49.7 Å². The predicted molar refractivity (Wildman–Crippen MR) is 79.6 cm³/mol. The molecule has 0 bridgehead atoms.